The minimum absolute atomic E-state index is 0. The quantitative estimate of drug-likeness (QED) is 0.225. The fourth-order valence-electron chi connectivity index (χ4n) is 2.62. The number of rotatable bonds is 9. The van der Waals surface area contributed by atoms with Crippen LogP contribution in [0, 0.1) is 6.92 Å². The first-order valence-electron chi connectivity index (χ1n) is 9.92. The lowest BCUT2D eigenvalue weighted by Gasteiger charge is -2.17. The van der Waals surface area contributed by atoms with Gasteiger partial charge in [0.2, 0.25) is 5.89 Å². The van der Waals surface area contributed by atoms with E-state index in [9.17, 15) is 0 Å². The number of nitrogens with zero attached hydrogens (tertiary/aromatic N) is 3. The Hall–Kier alpha value is -1.84. The van der Waals surface area contributed by atoms with E-state index < -0.39 is 0 Å². The van der Waals surface area contributed by atoms with Gasteiger partial charge in [-0.25, -0.2) is 0 Å². The highest BCUT2D eigenvalue weighted by molar-refractivity contribution is 14.0. The highest BCUT2D eigenvalue weighted by Gasteiger charge is 2.10. The zero-order valence-electron chi connectivity index (χ0n) is 18.3. The van der Waals surface area contributed by atoms with E-state index in [1.807, 2.05) is 13.8 Å². The van der Waals surface area contributed by atoms with Gasteiger partial charge >= 0.3 is 0 Å². The Balaban J connectivity index is 0.00000420. The van der Waals surface area contributed by atoms with Crippen LogP contribution in [-0.4, -0.2) is 35.8 Å². The molecule has 8 heteroatoms. The maximum absolute atomic E-state index is 5.93. The second kappa shape index (κ2) is 12.7. The highest BCUT2D eigenvalue weighted by Crippen LogP contribution is 2.21. The van der Waals surface area contributed by atoms with Crippen molar-refractivity contribution in [3.8, 4) is 5.75 Å². The molecule has 1 aromatic heterocycles. The summed E-state index contributed by atoms with van der Waals surface area (Å²) in [6.07, 6.45) is 1.76. The number of halogens is 1. The topological polar surface area (TPSA) is 84.6 Å². The molecule has 2 N–H and O–H groups in total. The molecule has 29 heavy (non-hydrogen) atoms. The van der Waals surface area contributed by atoms with Crippen molar-refractivity contribution in [2.75, 3.05) is 13.6 Å². The summed E-state index contributed by atoms with van der Waals surface area (Å²) in [5, 5.41) is 10.7. The Kier molecular flexibility index (Phi) is 11.0. The molecule has 0 saturated heterocycles. The van der Waals surface area contributed by atoms with Gasteiger partial charge < -0.3 is 19.9 Å². The van der Waals surface area contributed by atoms with Crippen LogP contribution in [0.15, 0.2) is 27.7 Å². The van der Waals surface area contributed by atoms with Crippen molar-refractivity contribution >= 4 is 29.9 Å². The van der Waals surface area contributed by atoms with E-state index in [4.69, 9.17) is 9.26 Å². The number of hydrogen-bond acceptors (Lipinski definition) is 5. The SMILES string of the molecule is CN=C(NCCCc1nc(C(C)C)no1)NCc1ccc(C)cc1OC(C)C.I. The number of aryl methyl sites for hydroxylation is 2. The molecule has 7 nitrogen and oxygen atoms in total. The fraction of sp³-hybridized carbons (Fsp3) is 0.571. The molecule has 0 fully saturated rings. The largest absolute Gasteiger partial charge is 0.491 e. The molecule has 0 atom stereocenters. The molecule has 0 aliphatic heterocycles. The zero-order chi connectivity index (χ0) is 20.5. The molecule has 0 spiro atoms. The minimum Gasteiger partial charge on any atom is -0.491 e. The third-order valence-electron chi connectivity index (χ3n) is 4.12. The molecular weight excluding hydrogens is 481 g/mol. The first-order valence-corrected chi connectivity index (χ1v) is 9.92. The Bertz CT molecular complexity index is 774. The number of ether oxygens (including phenoxy) is 1. The van der Waals surface area contributed by atoms with Gasteiger partial charge in [-0.3, -0.25) is 4.99 Å². The van der Waals surface area contributed by atoms with Gasteiger partial charge in [-0.2, -0.15) is 4.98 Å². The van der Waals surface area contributed by atoms with E-state index >= 15 is 0 Å². The lowest BCUT2D eigenvalue weighted by molar-refractivity contribution is 0.239. The first-order chi connectivity index (χ1) is 13.4. The number of guanidine groups is 1. The van der Waals surface area contributed by atoms with Crippen LogP contribution in [0.25, 0.3) is 0 Å². The van der Waals surface area contributed by atoms with Crippen LogP contribution in [-0.2, 0) is 13.0 Å². The summed E-state index contributed by atoms with van der Waals surface area (Å²) >= 11 is 0. The second-order valence-electron chi connectivity index (χ2n) is 7.43. The number of nitrogens with one attached hydrogen (secondary N) is 2. The summed E-state index contributed by atoms with van der Waals surface area (Å²) in [6.45, 7) is 11.7. The van der Waals surface area contributed by atoms with Crippen molar-refractivity contribution in [2.45, 2.75) is 66.0 Å². The predicted octanol–water partition coefficient (Wildman–Crippen LogP) is 4.20. The first kappa shape index (κ1) is 25.2. The molecule has 0 aliphatic carbocycles. The summed E-state index contributed by atoms with van der Waals surface area (Å²) in [6, 6.07) is 6.26. The van der Waals surface area contributed by atoms with Gasteiger partial charge in [0.15, 0.2) is 11.8 Å². The summed E-state index contributed by atoms with van der Waals surface area (Å²) in [5.74, 6) is 3.39. The Morgan fingerprint density at radius 1 is 1.21 bits per heavy atom. The maximum atomic E-state index is 5.93. The van der Waals surface area contributed by atoms with Crippen molar-refractivity contribution in [2.24, 2.45) is 4.99 Å². The fourth-order valence-corrected chi connectivity index (χ4v) is 2.62. The number of benzene rings is 1. The molecule has 0 amide bonds. The molecule has 0 unspecified atom stereocenters. The highest BCUT2D eigenvalue weighted by atomic mass is 127. The smallest absolute Gasteiger partial charge is 0.226 e. The Morgan fingerprint density at radius 3 is 2.59 bits per heavy atom. The third-order valence-corrected chi connectivity index (χ3v) is 4.12. The van der Waals surface area contributed by atoms with E-state index in [1.54, 1.807) is 7.05 Å². The summed E-state index contributed by atoms with van der Waals surface area (Å²) in [5.41, 5.74) is 2.29. The average molecular weight is 515 g/mol. The minimum atomic E-state index is 0. The van der Waals surface area contributed by atoms with Gasteiger partial charge in [-0.15, -0.1) is 24.0 Å². The molecule has 1 heterocycles. The summed E-state index contributed by atoms with van der Waals surface area (Å²) in [7, 11) is 1.77. The number of hydrogen-bond donors (Lipinski definition) is 2. The molecule has 2 aromatic rings. The van der Waals surface area contributed by atoms with E-state index in [0.29, 0.717) is 12.4 Å². The van der Waals surface area contributed by atoms with Crippen molar-refractivity contribution < 1.29 is 9.26 Å². The van der Waals surface area contributed by atoms with Crippen molar-refractivity contribution in [1.29, 1.82) is 0 Å². The molecule has 0 saturated carbocycles. The van der Waals surface area contributed by atoms with Crippen LogP contribution in [0.4, 0.5) is 0 Å². The van der Waals surface area contributed by atoms with E-state index in [-0.39, 0.29) is 36.0 Å². The standard InChI is InChI=1S/C21H33N5O2.HI/c1-14(2)20-25-19(28-26-20)8-7-11-23-21(22-6)24-13-17-10-9-16(5)12-18(17)27-15(3)4;/h9-10,12,14-15H,7-8,11,13H2,1-6H3,(H2,22,23,24);1H. The van der Waals surface area contributed by atoms with Gasteiger partial charge in [0, 0.05) is 38.0 Å². The lowest BCUT2D eigenvalue weighted by Crippen LogP contribution is -2.37. The van der Waals surface area contributed by atoms with E-state index in [0.717, 1.165) is 42.5 Å². The summed E-state index contributed by atoms with van der Waals surface area (Å²) in [4.78, 5) is 8.68. The van der Waals surface area contributed by atoms with Gasteiger partial charge in [-0.05, 0) is 38.8 Å². The molecule has 162 valence electrons. The monoisotopic (exact) mass is 515 g/mol. The second-order valence-corrected chi connectivity index (χ2v) is 7.43. The molecular formula is C21H34IN5O2. The maximum Gasteiger partial charge on any atom is 0.226 e. The Labute approximate surface area is 191 Å². The molecule has 0 bridgehead atoms. The van der Waals surface area contributed by atoms with E-state index in [2.05, 4.69) is 64.7 Å². The van der Waals surface area contributed by atoms with E-state index in [1.165, 1.54) is 5.56 Å². The van der Waals surface area contributed by atoms with Gasteiger partial charge in [0.05, 0.1) is 6.10 Å². The van der Waals surface area contributed by atoms with Gasteiger partial charge in [0.1, 0.15) is 5.75 Å². The van der Waals surface area contributed by atoms with Crippen molar-refractivity contribution in [3.05, 3.63) is 41.0 Å². The molecule has 1 aromatic carbocycles. The van der Waals surface area contributed by atoms with Crippen LogP contribution in [0.2, 0.25) is 0 Å². The number of aliphatic imine (C=N–C) groups is 1. The molecule has 2 rings (SSSR count). The van der Waals surface area contributed by atoms with Crippen LogP contribution in [0.3, 0.4) is 0 Å². The predicted molar refractivity (Wildman–Crippen MR) is 127 cm³/mol. The lowest BCUT2D eigenvalue weighted by atomic mass is 10.1. The third kappa shape index (κ3) is 8.59. The van der Waals surface area contributed by atoms with Crippen LogP contribution >= 0.6 is 24.0 Å². The summed E-state index contributed by atoms with van der Waals surface area (Å²) < 4.78 is 11.2. The van der Waals surface area contributed by atoms with Crippen LogP contribution in [0.1, 0.15) is 62.9 Å². The normalized spacial score (nSPS) is 11.5. The molecule has 0 aliphatic rings. The van der Waals surface area contributed by atoms with Crippen molar-refractivity contribution in [1.82, 2.24) is 20.8 Å². The van der Waals surface area contributed by atoms with Crippen LogP contribution < -0.4 is 15.4 Å². The van der Waals surface area contributed by atoms with Crippen LogP contribution in [0.5, 0.6) is 5.75 Å². The zero-order valence-corrected chi connectivity index (χ0v) is 20.6. The van der Waals surface area contributed by atoms with Crippen molar-refractivity contribution in [3.63, 3.8) is 0 Å². The van der Waals surface area contributed by atoms with Gasteiger partial charge in [-0.1, -0.05) is 31.1 Å². The average Bonchev–Trinajstić information content (AvgIpc) is 3.11. The number of aromatic nitrogens is 2. The van der Waals surface area contributed by atoms with Gasteiger partial charge in [0.25, 0.3) is 0 Å². The Morgan fingerprint density at radius 2 is 1.97 bits per heavy atom. The molecule has 0 radical (unpaired) electrons.